The lowest BCUT2D eigenvalue weighted by Crippen LogP contribution is -2.75. The first-order valence-corrected chi connectivity index (χ1v) is 14.2. The predicted octanol–water partition coefficient (Wildman–Crippen LogP) is 3.26. The van der Waals surface area contributed by atoms with E-state index in [0.29, 0.717) is 38.0 Å². The summed E-state index contributed by atoms with van der Waals surface area (Å²) in [4.78, 5) is 43.4. The fourth-order valence-corrected chi connectivity index (χ4v) is 6.38. The Morgan fingerprint density at radius 1 is 1.11 bits per heavy atom. The van der Waals surface area contributed by atoms with Crippen molar-refractivity contribution >= 4 is 30.1 Å². The number of nitrogens with zero attached hydrogens (tertiary/aromatic N) is 2. The summed E-state index contributed by atoms with van der Waals surface area (Å²) < 4.78 is 0. The van der Waals surface area contributed by atoms with Crippen LogP contribution in [0.3, 0.4) is 0 Å². The van der Waals surface area contributed by atoms with E-state index in [2.05, 4.69) is 22.5 Å². The maximum atomic E-state index is 13.8. The minimum atomic E-state index is -0.842. The molecule has 38 heavy (non-hydrogen) atoms. The summed E-state index contributed by atoms with van der Waals surface area (Å²) in [7, 11) is 1.62. The zero-order valence-corrected chi connectivity index (χ0v) is 23.7. The molecule has 0 unspecified atom stereocenters. The third-order valence-corrected chi connectivity index (χ3v) is 8.75. The summed E-state index contributed by atoms with van der Waals surface area (Å²) in [6.07, 6.45) is 8.45. The van der Waals surface area contributed by atoms with Gasteiger partial charge in [0, 0.05) is 38.8 Å². The predicted molar refractivity (Wildman–Crippen MR) is 150 cm³/mol. The first-order valence-electron chi connectivity index (χ1n) is 14.2. The molecule has 0 aromatic heterocycles. The van der Waals surface area contributed by atoms with Gasteiger partial charge in [0.2, 0.25) is 11.8 Å². The van der Waals surface area contributed by atoms with Crippen LogP contribution in [0.1, 0.15) is 87.1 Å². The summed E-state index contributed by atoms with van der Waals surface area (Å²) in [5.74, 6) is -0.247. The summed E-state index contributed by atoms with van der Waals surface area (Å²) in [5.41, 5.74) is 0.904. The van der Waals surface area contributed by atoms with Gasteiger partial charge in [0.1, 0.15) is 11.6 Å². The lowest BCUT2D eigenvalue weighted by Gasteiger charge is -2.52. The SMILES string of the molecule is CCCCN1C(=O)[C@@H]([C@H](O)C2CCCCCC2)NC(=O)C12CCN(Cc1ccc(C(=O)NC)cc1)CC2.Cl. The molecule has 212 valence electrons. The van der Waals surface area contributed by atoms with Crippen molar-refractivity contribution in [1.82, 2.24) is 20.4 Å². The molecule has 1 aromatic rings. The smallest absolute Gasteiger partial charge is 0.251 e. The van der Waals surface area contributed by atoms with Crippen LogP contribution in [0.4, 0.5) is 0 Å². The zero-order valence-electron chi connectivity index (χ0n) is 22.9. The molecular formula is C29H45ClN4O4. The van der Waals surface area contributed by atoms with Crippen molar-refractivity contribution in [3.05, 3.63) is 35.4 Å². The van der Waals surface area contributed by atoms with Crippen molar-refractivity contribution in [1.29, 1.82) is 0 Å². The molecule has 3 amide bonds. The number of amides is 3. The number of piperidine rings is 1. The third kappa shape index (κ3) is 6.52. The summed E-state index contributed by atoms with van der Waals surface area (Å²) in [6.45, 7) is 4.79. The molecule has 3 aliphatic rings. The standard InChI is InChI=1S/C29H44N4O4.ClH/c1-3-4-17-33-27(36)24(25(34)22-9-7-5-6-8-10-22)31-28(37)29(33)15-18-32(19-16-29)20-21-11-13-23(14-12-21)26(35)30-2;/h11-14,22,24-25,34H,3-10,15-20H2,1-2H3,(H,30,35)(H,31,37);1H/t24-,25-;/m1./s1. The normalized spacial score (nSPS) is 23.3. The molecule has 1 spiro atoms. The average Bonchev–Trinajstić information content (AvgIpc) is 3.21. The van der Waals surface area contributed by atoms with Crippen molar-refractivity contribution in [2.24, 2.45) is 5.92 Å². The van der Waals surface area contributed by atoms with Crippen LogP contribution >= 0.6 is 12.4 Å². The number of likely N-dealkylation sites (tertiary alicyclic amines) is 1. The van der Waals surface area contributed by atoms with Crippen molar-refractivity contribution in [3.63, 3.8) is 0 Å². The van der Waals surface area contributed by atoms with E-state index >= 15 is 0 Å². The number of aliphatic hydroxyl groups is 1. The Bertz CT molecular complexity index is 940. The second-order valence-electron chi connectivity index (χ2n) is 11.1. The van der Waals surface area contributed by atoms with E-state index in [1.54, 1.807) is 7.05 Å². The second kappa shape index (κ2) is 13.8. The Kier molecular flexibility index (Phi) is 11.0. The molecule has 9 heteroatoms. The molecule has 2 atom stereocenters. The van der Waals surface area contributed by atoms with Crippen molar-refractivity contribution < 1.29 is 19.5 Å². The van der Waals surface area contributed by atoms with E-state index in [0.717, 1.165) is 50.6 Å². The quantitative estimate of drug-likeness (QED) is 0.433. The van der Waals surface area contributed by atoms with E-state index in [1.165, 1.54) is 12.8 Å². The molecule has 3 fully saturated rings. The molecule has 2 aliphatic heterocycles. The molecule has 8 nitrogen and oxygen atoms in total. The van der Waals surface area contributed by atoms with Crippen molar-refractivity contribution in [3.8, 4) is 0 Å². The number of carbonyl (C=O) groups excluding carboxylic acids is 3. The topological polar surface area (TPSA) is 102 Å². The van der Waals surface area contributed by atoms with Crippen LogP contribution in [-0.4, -0.2) is 77.0 Å². The van der Waals surface area contributed by atoms with Gasteiger partial charge >= 0.3 is 0 Å². The lowest BCUT2D eigenvalue weighted by atomic mass is 9.79. The number of piperazine rings is 1. The monoisotopic (exact) mass is 548 g/mol. The highest BCUT2D eigenvalue weighted by Gasteiger charge is 2.55. The second-order valence-corrected chi connectivity index (χ2v) is 11.1. The van der Waals surface area contributed by atoms with Gasteiger partial charge in [-0.25, -0.2) is 0 Å². The molecule has 2 heterocycles. The Labute approximate surface area is 233 Å². The Morgan fingerprint density at radius 2 is 1.74 bits per heavy atom. The Morgan fingerprint density at radius 3 is 2.32 bits per heavy atom. The van der Waals surface area contributed by atoms with Crippen LogP contribution in [0, 0.1) is 5.92 Å². The number of aliphatic hydroxyl groups excluding tert-OH is 1. The molecule has 0 radical (unpaired) electrons. The van der Waals surface area contributed by atoms with E-state index in [9.17, 15) is 19.5 Å². The van der Waals surface area contributed by atoms with Gasteiger partial charge in [0.05, 0.1) is 6.10 Å². The largest absolute Gasteiger partial charge is 0.390 e. The van der Waals surface area contributed by atoms with Crippen LogP contribution in [0.5, 0.6) is 0 Å². The van der Waals surface area contributed by atoms with E-state index < -0.39 is 17.7 Å². The highest BCUT2D eigenvalue weighted by Crippen LogP contribution is 2.36. The van der Waals surface area contributed by atoms with Crippen LogP contribution < -0.4 is 10.6 Å². The highest BCUT2D eigenvalue weighted by molar-refractivity contribution is 6.00. The number of nitrogens with one attached hydrogen (secondary N) is 2. The van der Waals surface area contributed by atoms with Crippen molar-refractivity contribution in [2.75, 3.05) is 26.7 Å². The number of unbranched alkanes of at least 4 members (excludes halogenated alkanes) is 1. The Balaban J connectivity index is 0.00000400. The molecule has 4 rings (SSSR count). The molecule has 1 aliphatic carbocycles. The molecule has 1 saturated carbocycles. The number of hydrogen-bond acceptors (Lipinski definition) is 5. The third-order valence-electron chi connectivity index (χ3n) is 8.75. The highest BCUT2D eigenvalue weighted by atomic mass is 35.5. The van der Waals surface area contributed by atoms with E-state index in [1.807, 2.05) is 29.2 Å². The molecule has 3 N–H and O–H groups in total. The van der Waals surface area contributed by atoms with Gasteiger partial charge in [0.15, 0.2) is 0 Å². The Hall–Kier alpha value is -2.16. The minimum Gasteiger partial charge on any atom is -0.390 e. The van der Waals surface area contributed by atoms with Crippen LogP contribution in [0.25, 0.3) is 0 Å². The number of hydrogen-bond donors (Lipinski definition) is 3. The first-order chi connectivity index (χ1) is 17.9. The van der Waals surface area contributed by atoms with E-state index in [-0.39, 0.29) is 36.0 Å². The number of carbonyl (C=O) groups is 3. The van der Waals surface area contributed by atoms with Crippen LogP contribution in [-0.2, 0) is 16.1 Å². The summed E-state index contributed by atoms with van der Waals surface area (Å²) in [6, 6.07) is 6.77. The summed E-state index contributed by atoms with van der Waals surface area (Å²) in [5, 5.41) is 16.9. The van der Waals surface area contributed by atoms with Gasteiger partial charge in [-0.2, -0.15) is 0 Å². The fourth-order valence-electron chi connectivity index (χ4n) is 6.38. The number of rotatable bonds is 8. The maximum Gasteiger partial charge on any atom is 0.251 e. The number of benzene rings is 1. The molecule has 2 saturated heterocycles. The molecule has 0 bridgehead atoms. The zero-order chi connectivity index (χ0) is 26.4. The first kappa shape index (κ1) is 30.4. The maximum absolute atomic E-state index is 13.8. The van der Waals surface area contributed by atoms with Gasteiger partial charge in [-0.3, -0.25) is 19.3 Å². The fraction of sp³-hybridized carbons (Fsp3) is 0.690. The van der Waals surface area contributed by atoms with E-state index in [4.69, 9.17) is 0 Å². The minimum absolute atomic E-state index is 0. The van der Waals surface area contributed by atoms with Gasteiger partial charge in [0.25, 0.3) is 5.91 Å². The molecular weight excluding hydrogens is 504 g/mol. The van der Waals surface area contributed by atoms with Crippen LogP contribution in [0.2, 0.25) is 0 Å². The van der Waals surface area contributed by atoms with Gasteiger partial charge in [-0.15, -0.1) is 12.4 Å². The lowest BCUT2D eigenvalue weighted by molar-refractivity contribution is -0.165. The van der Waals surface area contributed by atoms with Gasteiger partial charge in [-0.05, 0) is 55.7 Å². The van der Waals surface area contributed by atoms with Gasteiger partial charge in [-0.1, -0.05) is 51.2 Å². The average molecular weight is 549 g/mol. The summed E-state index contributed by atoms with van der Waals surface area (Å²) >= 11 is 0. The van der Waals surface area contributed by atoms with Crippen molar-refractivity contribution in [2.45, 2.75) is 95.4 Å². The number of halogens is 1. The van der Waals surface area contributed by atoms with Crippen LogP contribution in [0.15, 0.2) is 24.3 Å². The molecule has 1 aromatic carbocycles. The van der Waals surface area contributed by atoms with Gasteiger partial charge < -0.3 is 20.6 Å².